The summed E-state index contributed by atoms with van der Waals surface area (Å²) in [5.74, 6) is -0.990. The zero-order valence-electron chi connectivity index (χ0n) is 12.0. The van der Waals surface area contributed by atoms with Gasteiger partial charge >= 0.3 is 12.0 Å². The van der Waals surface area contributed by atoms with Crippen LogP contribution in [0.4, 0.5) is 4.79 Å². The zero-order chi connectivity index (χ0) is 15.4. The van der Waals surface area contributed by atoms with Crippen molar-refractivity contribution in [2.24, 2.45) is 0 Å². The van der Waals surface area contributed by atoms with Gasteiger partial charge in [-0.3, -0.25) is 0 Å². The number of piperidine rings is 1. The molecule has 1 aliphatic rings. The second-order valence-corrected chi connectivity index (χ2v) is 5.31. The maximum absolute atomic E-state index is 12.1. The first-order valence-electron chi connectivity index (χ1n) is 7.04. The molecular weight excluding hydrogens is 272 g/mol. The highest BCUT2D eigenvalue weighted by Crippen LogP contribution is 2.17. The van der Waals surface area contributed by atoms with Crippen molar-refractivity contribution in [1.29, 1.82) is 0 Å². The Morgan fingerprint density at radius 2 is 2.19 bits per heavy atom. The van der Waals surface area contributed by atoms with E-state index in [-0.39, 0.29) is 24.2 Å². The molecule has 2 atom stereocenters. The van der Waals surface area contributed by atoms with E-state index >= 15 is 0 Å². The monoisotopic (exact) mass is 292 g/mol. The molecule has 114 valence electrons. The van der Waals surface area contributed by atoms with Crippen LogP contribution in [0.15, 0.2) is 24.3 Å². The number of nitrogens with zero attached hydrogens (tertiary/aromatic N) is 1. The maximum Gasteiger partial charge on any atom is 0.335 e. The lowest BCUT2D eigenvalue weighted by molar-refractivity contribution is 0.0389. The second kappa shape index (κ2) is 6.58. The summed E-state index contributed by atoms with van der Waals surface area (Å²) in [6.45, 7) is 2.72. The summed E-state index contributed by atoms with van der Waals surface area (Å²) in [6.07, 6.45) is 1.01. The molecule has 1 saturated heterocycles. The summed E-state index contributed by atoms with van der Waals surface area (Å²) in [6, 6.07) is 6.03. The zero-order valence-corrected chi connectivity index (χ0v) is 12.0. The van der Waals surface area contributed by atoms with E-state index in [1.54, 1.807) is 17.0 Å². The van der Waals surface area contributed by atoms with Crippen LogP contribution in [0.2, 0.25) is 0 Å². The molecule has 0 saturated carbocycles. The first-order valence-corrected chi connectivity index (χ1v) is 7.04. The minimum atomic E-state index is -0.990. The van der Waals surface area contributed by atoms with Crippen LogP contribution in [-0.4, -0.2) is 45.8 Å². The van der Waals surface area contributed by atoms with Crippen LogP contribution in [0, 0.1) is 0 Å². The number of carboxylic acid groups (broad SMARTS) is 1. The molecule has 2 amide bonds. The number of amides is 2. The molecule has 1 aromatic carbocycles. The molecule has 1 fully saturated rings. The molecule has 0 aliphatic carbocycles. The Kier molecular flexibility index (Phi) is 4.80. The molecule has 0 unspecified atom stereocenters. The predicted molar refractivity (Wildman–Crippen MR) is 77.0 cm³/mol. The minimum Gasteiger partial charge on any atom is -0.478 e. The molecule has 0 radical (unpaired) electrons. The predicted octanol–water partition coefficient (Wildman–Crippen LogP) is 1.44. The van der Waals surface area contributed by atoms with Crippen LogP contribution in [-0.2, 0) is 6.54 Å². The highest BCUT2D eigenvalue weighted by Gasteiger charge is 2.29. The van der Waals surface area contributed by atoms with Gasteiger partial charge in [-0.05, 0) is 37.5 Å². The highest BCUT2D eigenvalue weighted by atomic mass is 16.4. The van der Waals surface area contributed by atoms with Gasteiger partial charge < -0.3 is 20.4 Å². The summed E-state index contributed by atoms with van der Waals surface area (Å²) in [7, 11) is 0. The lowest BCUT2D eigenvalue weighted by Crippen LogP contribution is -2.52. The van der Waals surface area contributed by atoms with E-state index in [0.717, 1.165) is 12.0 Å². The van der Waals surface area contributed by atoms with Gasteiger partial charge in [0.15, 0.2) is 0 Å². The number of carbonyl (C=O) groups is 2. The van der Waals surface area contributed by atoms with Gasteiger partial charge in [0, 0.05) is 13.1 Å². The van der Waals surface area contributed by atoms with Crippen LogP contribution >= 0.6 is 0 Å². The topological polar surface area (TPSA) is 89.9 Å². The number of aliphatic hydroxyl groups is 1. The molecule has 21 heavy (non-hydrogen) atoms. The molecule has 0 bridgehead atoms. The third-order valence-corrected chi connectivity index (χ3v) is 3.83. The number of hydrogen-bond acceptors (Lipinski definition) is 3. The number of hydrogen-bond donors (Lipinski definition) is 3. The Hall–Kier alpha value is -2.08. The first kappa shape index (κ1) is 15.3. The van der Waals surface area contributed by atoms with Gasteiger partial charge in [-0.25, -0.2) is 9.59 Å². The van der Waals surface area contributed by atoms with Crippen LogP contribution < -0.4 is 5.32 Å². The summed E-state index contributed by atoms with van der Waals surface area (Å²) in [4.78, 5) is 24.6. The normalized spacial score (nSPS) is 21.9. The number of rotatable bonds is 3. The van der Waals surface area contributed by atoms with Crippen LogP contribution in [0.25, 0.3) is 0 Å². The molecule has 3 N–H and O–H groups in total. The van der Waals surface area contributed by atoms with Crippen molar-refractivity contribution in [3.05, 3.63) is 35.4 Å². The number of urea groups is 1. The average Bonchev–Trinajstić information content (AvgIpc) is 2.48. The molecule has 2 rings (SSSR count). The van der Waals surface area contributed by atoms with Crippen LogP contribution in [0.3, 0.4) is 0 Å². The Bertz CT molecular complexity index is 532. The molecule has 0 spiro atoms. The molecule has 1 heterocycles. The largest absolute Gasteiger partial charge is 0.478 e. The van der Waals surface area contributed by atoms with E-state index in [0.29, 0.717) is 13.0 Å². The number of likely N-dealkylation sites (tertiary alicyclic amines) is 1. The summed E-state index contributed by atoms with van der Waals surface area (Å²) >= 11 is 0. The standard InChI is InChI=1S/C15H20N2O4/c1-10-13(18)6-3-7-17(10)15(21)16-9-11-4-2-5-12(8-11)14(19)20/h2,4-5,8,10,13,18H,3,6-7,9H2,1H3,(H,16,21)(H,19,20)/t10-,13-/m1/s1. The van der Waals surface area contributed by atoms with Gasteiger partial charge in [-0.2, -0.15) is 0 Å². The van der Waals surface area contributed by atoms with Gasteiger partial charge in [0.1, 0.15) is 0 Å². The second-order valence-electron chi connectivity index (χ2n) is 5.31. The third-order valence-electron chi connectivity index (χ3n) is 3.83. The molecule has 1 aromatic rings. The molecule has 6 heteroatoms. The number of carboxylic acids is 1. The van der Waals surface area contributed by atoms with Crippen molar-refractivity contribution >= 4 is 12.0 Å². The fourth-order valence-electron chi connectivity index (χ4n) is 2.50. The molecular formula is C15H20N2O4. The number of benzene rings is 1. The van der Waals surface area contributed by atoms with Crippen LogP contribution in [0.1, 0.15) is 35.7 Å². The SMILES string of the molecule is C[C@@H]1[C@H](O)CCCN1C(=O)NCc1cccc(C(=O)O)c1. The smallest absolute Gasteiger partial charge is 0.335 e. The van der Waals surface area contributed by atoms with Crippen molar-refractivity contribution in [3.8, 4) is 0 Å². The van der Waals surface area contributed by atoms with Crippen molar-refractivity contribution < 1.29 is 19.8 Å². The lowest BCUT2D eigenvalue weighted by atomic mass is 10.0. The minimum absolute atomic E-state index is 0.198. The van der Waals surface area contributed by atoms with E-state index in [1.165, 1.54) is 12.1 Å². The van der Waals surface area contributed by atoms with Gasteiger partial charge in [0.25, 0.3) is 0 Å². The van der Waals surface area contributed by atoms with Crippen molar-refractivity contribution in [2.75, 3.05) is 6.54 Å². The Morgan fingerprint density at radius 3 is 2.90 bits per heavy atom. The molecule has 0 aromatic heterocycles. The van der Waals surface area contributed by atoms with Gasteiger partial charge in [-0.15, -0.1) is 0 Å². The number of aliphatic hydroxyl groups excluding tert-OH is 1. The quantitative estimate of drug-likeness (QED) is 0.786. The maximum atomic E-state index is 12.1. The Morgan fingerprint density at radius 1 is 1.43 bits per heavy atom. The van der Waals surface area contributed by atoms with Crippen LogP contribution in [0.5, 0.6) is 0 Å². The fraction of sp³-hybridized carbons (Fsp3) is 0.467. The van der Waals surface area contributed by atoms with Gasteiger partial charge in [0.05, 0.1) is 17.7 Å². The summed E-state index contributed by atoms with van der Waals surface area (Å²) < 4.78 is 0. The number of carbonyl (C=O) groups excluding carboxylic acids is 1. The Balaban J connectivity index is 1.94. The molecule has 1 aliphatic heterocycles. The van der Waals surface area contributed by atoms with Crippen molar-refractivity contribution in [2.45, 2.75) is 38.5 Å². The average molecular weight is 292 g/mol. The van der Waals surface area contributed by atoms with E-state index in [2.05, 4.69) is 5.32 Å². The number of nitrogens with one attached hydrogen (secondary N) is 1. The van der Waals surface area contributed by atoms with E-state index in [9.17, 15) is 14.7 Å². The van der Waals surface area contributed by atoms with E-state index < -0.39 is 12.1 Å². The first-order chi connectivity index (χ1) is 9.99. The highest BCUT2D eigenvalue weighted by molar-refractivity contribution is 5.87. The summed E-state index contributed by atoms with van der Waals surface area (Å²) in [5.41, 5.74) is 0.928. The number of aromatic carboxylic acids is 1. The third kappa shape index (κ3) is 3.72. The van der Waals surface area contributed by atoms with Gasteiger partial charge in [-0.1, -0.05) is 12.1 Å². The van der Waals surface area contributed by atoms with Crippen molar-refractivity contribution in [1.82, 2.24) is 10.2 Å². The van der Waals surface area contributed by atoms with E-state index in [1.807, 2.05) is 6.92 Å². The lowest BCUT2D eigenvalue weighted by Gasteiger charge is -2.36. The summed E-state index contributed by atoms with van der Waals surface area (Å²) in [5, 5.41) is 21.5. The molecule has 6 nitrogen and oxygen atoms in total. The Labute approximate surface area is 123 Å². The fourth-order valence-corrected chi connectivity index (χ4v) is 2.50. The van der Waals surface area contributed by atoms with E-state index in [4.69, 9.17) is 5.11 Å². The van der Waals surface area contributed by atoms with Crippen molar-refractivity contribution in [3.63, 3.8) is 0 Å². The van der Waals surface area contributed by atoms with Gasteiger partial charge in [0.2, 0.25) is 0 Å².